The molecule has 2 aromatic carbocycles. The molecule has 1 aliphatic heterocycles. The Kier molecular flexibility index (Phi) is 6.96. The standard InChI is InChI=1S/C28H22F2N6O3/c1-16-24(34-14-33-16)11-20-19-6-4-17(10-25(19)35-27(20)38)3-2-8-32-26(37)21-12-31-15-36(28(21)39)13-18-5-7-22(29)23(30)9-18/h2-7,9-12,14-15H,8,13H2,1H3,(H,32,37)(H,33,34)(H,35,38)/b3-2+,20-11-. The monoisotopic (exact) mass is 528 g/mol. The fraction of sp³-hybridized carbons (Fsp3) is 0.107. The summed E-state index contributed by atoms with van der Waals surface area (Å²) >= 11 is 0. The number of aromatic amines is 1. The minimum Gasteiger partial charge on any atom is -0.348 e. The van der Waals surface area contributed by atoms with Gasteiger partial charge in [0.2, 0.25) is 0 Å². The van der Waals surface area contributed by atoms with Crippen LogP contribution < -0.4 is 16.2 Å². The SMILES string of the molecule is Cc1[nH]cnc1/C=C1\C(=O)Nc2cc(/C=C/CNC(=O)c3cncn(Cc4ccc(F)c(F)c4)c3=O)ccc21. The number of hydrogen-bond acceptors (Lipinski definition) is 5. The van der Waals surface area contributed by atoms with E-state index in [1.807, 2.05) is 25.1 Å². The van der Waals surface area contributed by atoms with Gasteiger partial charge in [-0.3, -0.25) is 19.0 Å². The lowest BCUT2D eigenvalue weighted by atomic mass is 10.0. The highest BCUT2D eigenvalue weighted by atomic mass is 19.2. The molecule has 9 nitrogen and oxygen atoms in total. The predicted octanol–water partition coefficient (Wildman–Crippen LogP) is 3.54. The number of carbonyl (C=O) groups is 2. The number of hydrogen-bond donors (Lipinski definition) is 3. The number of aromatic nitrogens is 4. The van der Waals surface area contributed by atoms with Gasteiger partial charge in [-0.25, -0.2) is 18.7 Å². The lowest BCUT2D eigenvalue weighted by molar-refractivity contribution is -0.110. The van der Waals surface area contributed by atoms with Gasteiger partial charge in [-0.15, -0.1) is 0 Å². The zero-order chi connectivity index (χ0) is 27.5. The van der Waals surface area contributed by atoms with E-state index in [1.165, 1.54) is 12.4 Å². The van der Waals surface area contributed by atoms with E-state index in [4.69, 9.17) is 0 Å². The van der Waals surface area contributed by atoms with Crippen molar-refractivity contribution < 1.29 is 18.4 Å². The fourth-order valence-electron chi connectivity index (χ4n) is 4.11. The smallest absolute Gasteiger partial charge is 0.266 e. The van der Waals surface area contributed by atoms with Gasteiger partial charge >= 0.3 is 0 Å². The molecule has 0 radical (unpaired) electrons. The first-order valence-corrected chi connectivity index (χ1v) is 11.9. The second kappa shape index (κ2) is 10.7. The van der Waals surface area contributed by atoms with Gasteiger partial charge in [0.15, 0.2) is 11.6 Å². The lowest BCUT2D eigenvalue weighted by Crippen LogP contribution is -2.33. The van der Waals surface area contributed by atoms with Crippen LogP contribution in [0.1, 0.15) is 38.4 Å². The average Bonchev–Trinajstić information content (AvgIpc) is 3.46. The number of benzene rings is 2. The molecule has 0 fully saturated rings. The molecule has 2 amide bonds. The van der Waals surface area contributed by atoms with Crippen LogP contribution in [0.2, 0.25) is 0 Å². The minimum atomic E-state index is -1.03. The molecule has 0 saturated carbocycles. The first-order valence-electron chi connectivity index (χ1n) is 11.9. The molecule has 0 unspecified atom stereocenters. The van der Waals surface area contributed by atoms with Gasteiger partial charge in [-0.05, 0) is 42.3 Å². The number of fused-ring (bicyclic) bond motifs is 1. The third-order valence-electron chi connectivity index (χ3n) is 6.15. The van der Waals surface area contributed by atoms with Crippen molar-refractivity contribution in [3.63, 3.8) is 0 Å². The number of aryl methyl sites for hydroxylation is 1. The number of carbonyl (C=O) groups excluding carboxylic acids is 2. The molecule has 0 spiro atoms. The van der Waals surface area contributed by atoms with Gasteiger partial charge in [0.25, 0.3) is 17.4 Å². The van der Waals surface area contributed by atoms with E-state index in [1.54, 1.807) is 24.6 Å². The number of nitrogens with one attached hydrogen (secondary N) is 3. The molecule has 0 atom stereocenters. The molecule has 39 heavy (non-hydrogen) atoms. The lowest BCUT2D eigenvalue weighted by Gasteiger charge is -2.08. The highest BCUT2D eigenvalue weighted by Crippen LogP contribution is 2.34. The summed E-state index contributed by atoms with van der Waals surface area (Å²) in [6, 6.07) is 8.82. The van der Waals surface area contributed by atoms with Crippen LogP contribution in [-0.4, -0.2) is 37.9 Å². The molecule has 0 saturated heterocycles. The predicted molar refractivity (Wildman–Crippen MR) is 142 cm³/mol. The van der Waals surface area contributed by atoms with E-state index in [9.17, 15) is 23.2 Å². The maximum atomic E-state index is 13.5. The van der Waals surface area contributed by atoms with Crippen molar-refractivity contribution in [1.82, 2.24) is 24.8 Å². The molecule has 4 aromatic rings. The van der Waals surface area contributed by atoms with Gasteiger partial charge in [0, 0.05) is 29.7 Å². The van der Waals surface area contributed by atoms with Crippen molar-refractivity contribution >= 4 is 35.2 Å². The van der Waals surface area contributed by atoms with Crippen LogP contribution in [0.3, 0.4) is 0 Å². The summed E-state index contributed by atoms with van der Waals surface area (Å²) in [6.07, 6.45) is 9.17. The number of imidazole rings is 1. The number of halogens is 2. The summed E-state index contributed by atoms with van der Waals surface area (Å²) in [5.41, 5.74) is 3.87. The van der Waals surface area contributed by atoms with Crippen LogP contribution >= 0.6 is 0 Å². The Morgan fingerprint density at radius 2 is 1.97 bits per heavy atom. The summed E-state index contributed by atoms with van der Waals surface area (Å²) in [5, 5.41) is 5.49. The summed E-state index contributed by atoms with van der Waals surface area (Å²) in [5.74, 6) is -2.85. The van der Waals surface area contributed by atoms with Gasteiger partial charge in [0.05, 0.1) is 30.5 Å². The first-order chi connectivity index (χ1) is 18.8. The quantitative estimate of drug-likeness (QED) is 0.317. The Bertz CT molecular complexity index is 1720. The van der Waals surface area contributed by atoms with Crippen LogP contribution in [0.25, 0.3) is 17.7 Å². The van der Waals surface area contributed by atoms with Gasteiger partial charge in [0.1, 0.15) is 5.56 Å². The van der Waals surface area contributed by atoms with E-state index < -0.39 is 23.1 Å². The van der Waals surface area contributed by atoms with E-state index in [-0.39, 0.29) is 24.6 Å². The summed E-state index contributed by atoms with van der Waals surface area (Å²) in [7, 11) is 0. The summed E-state index contributed by atoms with van der Waals surface area (Å²) in [4.78, 5) is 48.9. The van der Waals surface area contributed by atoms with Crippen LogP contribution in [0.15, 0.2) is 66.1 Å². The van der Waals surface area contributed by atoms with Crippen molar-refractivity contribution in [2.75, 3.05) is 11.9 Å². The van der Waals surface area contributed by atoms with E-state index in [2.05, 4.69) is 25.6 Å². The number of H-pyrrole nitrogens is 1. The van der Waals surface area contributed by atoms with Gasteiger partial charge in [-0.2, -0.15) is 0 Å². The Balaban J connectivity index is 1.23. The third-order valence-corrected chi connectivity index (χ3v) is 6.15. The van der Waals surface area contributed by atoms with Crippen molar-refractivity contribution in [3.05, 3.63) is 117 Å². The third kappa shape index (κ3) is 5.42. The molecule has 0 aliphatic carbocycles. The largest absolute Gasteiger partial charge is 0.348 e. The normalized spacial score (nSPS) is 13.6. The highest BCUT2D eigenvalue weighted by molar-refractivity contribution is 6.34. The van der Waals surface area contributed by atoms with Crippen LogP contribution in [0, 0.1) is 18.6 Å². The maximum absolute atomic E-state index is 13.5. The summed E-state index contributed by atoms with van der Waals surface area (Å²) in [6.45, 7) is 1.93. The van der Waals surface area contributed by atoms with E-state index >= 15 is 0 Å². The number of nitrogens with zero attached hydrogens (tertiary/aromatic N) is 3. The Morgan fingerprint density at radius 3 is 2.74 bits per heavy atom. The van der Waals surface area contributed by atoms with Crippen LogP contribution in [0.5, 0.6) is 0 Å². The second-order valence-corrected chi connectivity index (χ2v) is 8.83. The van der Waals surface area contributed by atoms with Gasteiger partial charge in [-0.1, -0.05) is 30.4 Å². The number of anilines is 1. The fourth-order valence-corrected chi connectivity index (χ4v) is 4.11. The van der Waals surface area contributed by atoms with Crippen LogP contribution in [0.4, 0.5) is 14.5 Å². The molecule has 5 rings (SSSR count). The van der Waals surface area contributed by atoms with Crippen molar-refractivity contribution in [1.29, 1.82) is 0 Å². The number of amides is 2. The molecule has 0 bridgehead atoms. The van der Waals surface area contributed by atoms with Crippen molar-refractivity contribution in [2.45, 2.75) is 13.5 Å². The topological polar surface area (TPSA) is 122 Å². The van der Waals surface area contributed by atoms with Crippen molar-refractivity contribution in [2.24, 2.45) is 0 Å². The number of rotatable bonds is 7. The Morgan fingerprint density at radius 1 is 1.13 bits per heavy atom. The van der Waals surface area contributed by atoms with E-state index in [0.29, 0.717) is 22.5 Å². The second-order valence-electron chi connectivity index (χ2n) is 8.83. The highest BCUT2D eigenvalue weighted by Gasteiger charge is 2.24. The molecule has 3 N–H and O–H groups in total. The summed E-state index contributed by atoms with van der Waals surface area (Å²) < 4.78 is 27.8. The minimum absolute atomic E-state index is 0.0723. The maximum Gasteiger partial charge on any atom is 0.266 e. The zero-order valence-corrected chi connectivity index (χ0v) is 20.7. The molecular weight excluding hydrogens is 506 g/mol. The first kappa shape index (κ1) is 25.5. The molecule has 1 aliphatic rings. The Hall–Kier alpha value is -5.19. The van der Waals surface area contributed by atoms with Crippen molar-refractivity contribution in [3.8, 4) is 0 Å². The molecule has 196 valence electrons. The van der Waals surface area contributed by atoms with Crippen LogP contribution in [-0.2, 0) is 11.3 Å². The van der Waals surface area contributed by atoms with Gasteiger partial charge < -0.3 is 15.6 Å². The van der Waals surface area contributed by atoms with E-state index in [0.717, 1.165) is 39.7 Å². The molecule has 11 heteroatoms. The zero-order valence-electron chi connectivity index (χ0n) is 20.7. The molecule has 2 aromatic heterocycles. The average molecular weight is 529 g/mol. The Labute approximate surface area is 220 Å². The molecule has 3 heterocycles. The molecular formula is C28H22F2N6O3.